The Morgan fingerprint density at radius 3 is 2.60 bits per heavy atom. The van der Waals surface area contributed by atoms with Crippen molar-refractivity contribution < 1.29 is 23.4 Å². The third kappa shape index (κ3) is 2.60. The highest BCUT2D eigenvalue weighted by atomic mass is 32.2. The second-order valence-electron chi connectivity index (χ2n) is 4.81. The molecule has 1 aromatic rings. The van der Waals surface area contributed by atoms with Crippen molar-refractivity contribution >= 4 is 27.3 Å². The van der Waals surface area contributed by atoms with Crippen LogP contribution in [0, 0.1) is 6.92 Å². The predicted molar refractivity (Wildman–Crippen MR) is 74.6 cm³/mol. The van der Waals surface area contributed by atoms with E-state index in [1.807, 2.05) is 0 Å². The van der Waals surface area contributed by atoms with Gasteiger partial charge in [-0.15, -0.1) is 11.3 Å². The van der Waals surface area contributed by atoms with Gasteiger partial charge in [-0.2, -0.15) is 4.31 Å². The van der Waals surface area contributed by atoms with E-state index in [0.717, 1.165) is 30.6 Å². The van der Waals surface area contributed by atoms with Crippen LogP contribution in [-0.4, -0.2) is 48.1 Å². The van der Waals surface area contributed by atoms with E-state index in [4.69, 9.17) is 10.2 Å². The molecule has 1 heterocycles. The maximum absolute atomic E-state index is 12.7. The number of aliphatic hydroxyl groups is 1. The molecule has 0 unspecified atom stereocenters. The van der Waals surface area contributed by atoms with E-state index in [-0.39, 0.29) is 29.0 Å². The van der Waals surface area contributed by atoms with Gasteiger partial charge in [0.25, 0.3) is 0 Å². The quantitative estimate of drug-likeness (QED) is 0.824. The first kappa shape index (κ1) is 15.4. The van der Waals surface area contributed by atoms with Gasteiger partial charge in [-0.05, 0) is 30.7 Å². The molecule has 0 spiro atoms. The summed E-state index contributed by atoms with van der Waals surface area (Å²) in [5.74, 6) is -1.24. The zero-order chi connectivity index (χ0) is 14.9. The standard InChI is InChI=1S/C12H17NO5S2/c1-8-7-19-10(12(15)16)11(8)20(17,18)13(5-6-14)9-3-2-4-9/h7,9,14H,2-6H2,1H3,(H,15,16). The molecule has 2 rings (SSSR count). The van der Waals surface area contributed by atoms with Crippen LogP contribution in [0.15, 0.2) is 10.3 Å². The lowest BCUT2D eigenvalue weighted by Gasteiger charge is -2.36. The Labute approximate surface area is 121 Å². The van der Waals surface area contributed by atoms with Crippen molar-refractivity contribution in [3.05, 3.63) is 15.8 Å². The summed E-state index contributed by atoms with van der Waals surface area (Å²) in [4.78, 5) is 10.9. The first-order valence-corrected chi connectivity index (χ1v) is 8.65. The molecular formula is C12H17NO5S2. The summed E-state index contributed by atoms with van der Waals surface area (Å²) in [7, 11) is -3.88. The van der Waals surface area contributed by atoms with Crippen molar-refractivity contribution in [3.63, 3.8) is 0 Å². The minimum absolute atomic E-state index is 0.00134. The number of carboxylic acids is 1. The van der Waals surface area contributed by atoms with E-state index in [1.54, 1.807) is 6.92 Å². The van der Waals surface area contributed by atoms with E-state index in [9.17, 15) is 13.2 Å². The van der Waals surface area contributed by atoms with E-state index < -0.39 is 16.0 Å². The van der Waals surface area contributed by atoms with Crippen LogP contribution < -0.4 is 0 Å². The Bertz CT molecular complexity index is 603. The summed E-state index contributed by atoms with van der Waals surface area (Å²) in [5, 5.41) is 19.8. The van der Waals surface area contributed by atoms with Gasteiger partial charge in [-0.25, -0.2) is 13.2 Å². The van der Waals surface area contributed by atoms with E-state index >= 15 is 0 Å². The van der Waals surface area contributed by atoms with Crippen molar-refractivity contribution in [1.82, 2.24) is 4.31 Å². The number of nitrogens with zero attached hydrogens (tertiary/aromatic N) is 1. The molecule has 6 nitrogen and oxygen atoms in total. The topological polar surface area (TPSA) is 94.9 Å². The van der Waals surface area contributed by atoms with Gasteiger partial charge in [0.2, 0.25) is 10.0 Å². The van der Waals surface area contributed by atoms with Crippen LogP contribution >= 0.6 is 11.3 Å². The highest BCUT2D eigenvalue weighted by molar-refractivity contribution is 7.89. The second kappa shape index (κ2) is 5.80. The van der Waals surface area contributed by atoms with Crippen molar-refractivity contribution in [2.24, 2.45) is 0 Å². The maximum Gasteiger partial charge on any atom is 0.347 e. The summed E-state index contributed by atoms with van der Waals surface area (Å²) in [6, 6.07) is -0.131. The summed E-state index contributed by atoms with van der Waals surface area (Å²) in [5.41, 5.74) is 0.440. The first-order chi connectivity index (χ1) is 9.39. The summed E-state index contributed by atoms with van der Waals surface area (Å²) in [6.45, 7) is 1.32. The molecule has 0 aromatic carbocycles. The molecule has 0 atom stereocenters. The van der Waals surface area contributed by atoms with Gasteiger partial charge in [-0.3, -0.25) is 0 Å². The Balaban J connectivity index is 2.47. The lowest BCUT2D eigenvalue weighted by atomic mass is 9.93. The minimum Gasteiger partial charge on any atom is -0.477 e. The number of carboxylic acid groups (broad SMARTS) is 1. The van der Waals surface area contributed by atoms with Crippen LogP contribution in [-0.2, 0) is 10.0 Å². The van der Waals surface area contributed by atoms with Crippen molar-refractivity contribution in [3.8, 4) is 0 Å². The summed E-state index contributed by atoms with van der Waals surface area (Å²) < 4.78 is 26.7. The van der Waals surface area contributed by atoms with Crippen LogP contribution in [0.3, 0.4) is 0 Å². The van der Waals surface area contributed by atoms with Crippen LogP contribution in [0.4, 0.5) is 0 Å². The monoisotopic (exact) mass is 319 g/mol. The fourth-order valence-electron chi connectivity index (χ4n) is 2.29. The average Bonchev–Trinajstić information content (AvgIpc) is 2.69. The summed E-state index contributed by atoms with van der Waals surface area (Å²) >= 11 is 0.916. The fourth-order valence-corrected chi connectivity index (χ4v) is 5.55. The Morgan fingerprint density at radius 2 is 2.15 bits per heavy atom. The molecule has 1 aliphatic carbocycles. The van der Waals surface area contributed by atoms with Crippen molar-refractivity contribution in [1.29, 1.82) is 0 Å². The number of aliphatic hydroxyl groups excluding tert-OH is 1. The zero-order valence-corrected chi connectivity index (χ0v) is 12.7. The number of carbonyl (C=O) groups is 1. The smallest absolute Gasteiger partial charge is 0.347 e. The average molecular weight is 319 g/mol. The van der Waals surface area contributed by atoms with Gasteiger partial charge in [-0.1, -0.05) is 6.42 Å². The van der Waals surface area contributed by atoms with Gasteiger partial charge < -0.3 is 10.2 Å². The van der Waals surface area contributed by atoms with E-state index in [0.29, 0.717) is 5.56 Å². The highest BCUT2D eigenvalue weighted by Crippen LogP contribution is 2.34. The van der Waals surface area contributed by atoms with Crippen molar-refractivity contribution in [2.45, 2.75) is 37.1 Å². The third-order valence-electron chi connectivity index (χ3n) is 3.48. The third-order valence-corrected chi connectivity index (χ3v) is 6.84. The first-order valence-electron chi connectivity index (χ1n) is 6.33. The molecular weight excluding hydrogens is 302 g/mol. The minimum atomic E-state index is -3.88. The summed E-state index contributed by atoms with van der Waals surface area (Å²) in [6.07, 6.45) is 2.46. The fraction of sp³-hybridized carbons (Fsp3) is 0.583. The predicted octanol–water partition coefficient (Wildman–Crippen LogP) is 1.29. The molecule has 0 aliphatic heterocycles. The molecule has 1 fully saturated rings. The second-order valence-corrected chi connectivity index (χ2v) is 7.51. The lowest BCUT2D eigenvalue weighted by Crippen LogP contribution is -2.45. The SMILES string of the molecule is Cc1csc(C(=O)O)c1S(=O)(=O)N(CCO)C1CCC1. The van der Waals surface area contributed by atoms with Gasteiger partial charge in [0.15, 0.2) is 0 Å². The van der Waals surface area contributed by atoms with Crippen LogP contribution in [0.1, 0.15) is 34.5 Å². The number of hydrogen-bond acceptors (Lipinski definition) is 5. The number of thiophene rings is 1. The zero-order valence-electron chi connectivity index (χ0n) is 11.1. The Hall–Kier alpha value is -0.960. The largest absolute Gasteiger partial charge is 0.477 e. The van der Waals surface area contributed by atoms with Gasteiger partial charge >= 0.3 is 5.97 Å². The van der Waals surface area contributed by atoms with Crippen LogP contribution in [0.25, 0.3) is 0 Å². The lowest BCUT2D eigenvalue weighted by molar-refractivity contribution is 0.0698. The Kier molecular flexibility index (Phi) is 4.48. The normalized spacial score (nSPS) is 16.4. The molecule has 1 aromatic heterocycles. The van der Waals surface area contributed by atoms with Gasteiger partial charge in [0.05, 0.1) is 6.61 Å². The molecule has 20 heavy (non-hydrogen) atoms. The Morgan fingerprint density at radius 1 is 1.50 bits per heavy atom. The number of aromatic carboxylic acids is 1. The highest BCUT2D eigenvalue weighted by Gasteiger charge is 2.38. The molecule has 1 saturated carbocycles. The molecule has 1 aliphatic rings. The number of hydrogen-bond donors (Lipinski definition) is 2. The molecule has 0 amide bonds. The molecule has 8 heteroatoms. The van der Waals surface area contributed by atoms with Crippen LogP contribution in [0.5, 0.6) is 0 Å². The van der Waals surface area contributed by atoms with Gasteiger partial charge in [0.1, 0.15) is 9.77 Å². The molecule has 112 valence electrons. The number of sulfonamides is 1. The molecule has 0 saturated heterocycles. The molecule has 2 N–H and O–H groups in total. The van der Waals surface area contributed by atoms with E-state index in [1.165, 1.54) is 9.69 Å². The molecule has 0 bridgehead atoms. The van der Waals surface area contributed by atoms with Crippen LogP contribution in [0.2, 0.25) is 0 Å². The van der Waals surface area contributed by atoms with E-state index in [2.05, 4.69) is 0 Å². The molecule has 0 radical (unpaired) electrons. The van der Waals surface area contributed by atoms with Gasteiger partial charge in [0, 0.05) is 12.6 Å². The maximum atomic E-state index is 12.7. The number of aryl methyl sites for hydroxylation is 1. The van der Waals surface area contributed by atoms with Crippen molar-refractivity contribution in [2.75, 3.05) is 13.2 Å². The number of rotatable bonds is 6.